The number of carbonyl (C=O) groups is 1. The number of anilines is 6. The van der Waals surface area contributed by atoms with E-state index < -0.39 is 7.60 Å². The maximum atomic E-state index is 12.8. The minimum absolute atomic E-state index is 0.115. The molecule has 16 aromatic carbocycles. The number of hydrogen-bond donors (Lipinski definition) is 0. The Hall–Kier alpha value is -13.3. The van der Waals surface area contributed by atoms with E-state index in [0.29, 0.717) is 38.7 Å². The molecule has 0 fully saturated rings. The number of benzene rings is 16. The first-order chi connectivity index (χ1) is 50.6. The summed E-state index contributed by atoms with van der Waals surface area (Å²) in [5.41, 5.74) is 12.2. The van der Waals surface area contributed by atoms with Gasteiger partial charge in [0.15, 0.2) is 0 Å². The number of fused-ring (bicyclic) bond motifs is 8. The van der Waals surface area contributed by atoms with Gasteiger partial charge in [-0.2, -0.15) is 15.8 Å². The number of aldehydes is 1. The SMILES string of the molecule is CCOP(=O)(Cc1ccc2c(C#N)c3ccccc3c(C#N)c2c1)OCC.O=Cc1ccc(N(c2cccc3ccccc23)c2cccc3ccccc23)cc1.[C-]#[N+]c1c2ccccc2c(C#N)c2ccc(C=Cc3ccc(N(c4cccc5ccccc45)c4cccc5ccccc45)cc3)cc12. The second kappa shape index (κ2) is 30.1. The largest absolute Gasteiger partial charge is 0.335 e. The molecule has 11 heteroatoms. The highest BCUT2D eigenvalue weighted by Gasteiger charge is 2.26. The van der Waals surface area contributed by atoms with Crippen LogP contribution in [-0.4, -0.2) is 19.5 Å². The summed E-state index contributed by atoms with van der Waals surface area (Å²) in [4.78, 5) is 19.7. The van der Waals surface area contributed by atoms with E-state index in [1.807, 2.05) is 103 Å². The van der Waals surface area contributed by atoms with E-state index in [0.717, 1.165) is 89.4 Å². The van der Waals surface area contributed by atoms with Gasteiger partial charge in [-0.05, 0) is 140 Å². The number of nitriles is 3. The molecule has 0 N–H and O–H groups in total. The third-order valence-corrected chi connectivity index (χ3v) is 20.6. The van der Waals surface area contributed by atoms with Crippen LogP contribution in [0.3, 0.4) is 0 Å². The van der Waals surface area contributed by atoms with Crippen LogP contribution in [0.1, 0.15) is 57.6 Å². The van der Waals surface area contributed by atoms with Gasteiger partial charge in [0.1, 0.15) is 24.5 Å². The van der Waals surface area contributed by atoms with Crippen molar-refractivity contribution < 1.29 is 18.4 Å². The van der Waals surface area contributed by atoms with E-state index in [9.17, 15) is 25.1 Å². The fraction of sp³-hybridized carbons (Fsp3) is 0.0543. The average Bonchev–Trinajstić information content (AvgIpc) is 0.784. The molecule has 0 saturated carbocycles. The molecule has 0 aromatic heterocycles. The monoisotopic (exact) mass is 1350 g/mol. The Kier molecular flexibility index (Phi) is 19.5. The normalized spacial score (nSPS) is 11.2. The molecule has 0 saturated heterocycles. The Labute approximate surface area is 597 Å². The van der Waals surface area contributed by atoms with Crippen LogP contribution < -0.4 is 9.80 Å². The highest BCUT2D eigenvalue weighted by molar-refractivity contribution is 7.53. The molecule has 16 rings (SSSR count). The van der Waals surface area contributed by atoms with Gasteiger partial charge >= 0.3 is 7.60 Å². The van der Waals surface area contributed by atoms with Crippen molar-refractivity contribution in [3.63, 3.8) is 0 Å². The Morgan fingerprint density at radius 2 is 0.699 bits per heavy atom. The molecule has 103 heavy (non-hydrogen) atoms. The summed E-state index contributed by atoms with van der Waals surface area (Å²) in [6.07, 6.45) is 5.15. The summed E-state index contributed by atoms with van der Waals surface area (Å²) in [6, 6.07) is 109. The van der Waals surface area contributed by atoms with Crippen molar-refractivity contribution in [1.29, 1.82) is 15.8 Å². The number of hydrogen-bond acceptors (Lipinski definition) is 9. The van der Waals surface area contributed by atoms with Crippen LogP contribution in [0, 0.1) is 40.6 Å². The lowest BCUT2D eigenvalue weighted by Crippen LogP contribution is -2.11. The molecule has 0 radical (unpaired) electrons. The third kappa shape index (κ3) is 13.5. The lowest BCUT2D eigenvalue weighted by molar-refractivity contribution is 0.112. The highest BCUT2D eigenvalue weighted by atomic mass is 31.2. The maximum Gasteiger partial charge on any atom is 0.335 e. The van der Waals surface area contributed by atoms with Crippen LogP contribution in [0.2, 0.25) is 0 Å². The minimum Gasteiger partial charge on any atom is -0.309 e. The summed E-state index contributed by atoms with van der Waals surface area (Å²) >= 11 is 0. The van der Waals surface area contributed by atoms with Crippen molar-refractivity contribution in [2.45, 2.75) is 20.0 Å². The van der Waals surface area contributed by atoms with Gasteiger partial charge in [-0.3, -0.25) is 9.36 Å². The van der Waals surface area contributed by atoms with Crippen LogP contribution in [0.25, 0.3) is 103 Å². The van der Waals surface area contributed by atoms with Gasteiger partial charge in [-0.1, -0.05) is 249 Å². The molecule has 0 heterocycles. The Balaban J connectivity index is 0.000000139. The zero-order valence-electron chi connectivity index (χ0n) is 56.5. The summed E-state index contributed by atoms with van der Waals surface area (Å²) in [6.45, 7) is 12.0. The van der Waals surface area contributed by atoms with Crippen LogP contribution in [0.15, 0.2) is 303 Å². The zero-order valence-corrected chi connectivity index (χ0v) is 57.4. The third-order valence-electron chi connectivity index (χ3n) is 18.5. The van der Waals surface area contributed by atoms with E-state index in [1.165, 1.54) is 43.1 Å². The van der Waals surface area contributed by atoms with Crippen molar-refractivity contribution in [3.8, 4) is 18.2 Å². The molecular weight excluding hydrogens is 1280 g/mol. The standard InChI is InChI=1S/C44H27N3.C27H19NO.C21H19N2O3P/c1-46-44-39-17-7-6-16-37(39)41(29-45)38-27-24-31(28-40(38)44)21-20-30-22-25-34(26-23-30)47(42-18-8-12-32-10-2-4-14-35(32)42)43-19-9-13-33-11-3-5-15-36(33)43;29-19-20-15-17-23(18-16-20)28(26-13-5-9-21-7-1-3-11-24(21)26)27-14-6-10-22-8-2-4-12-25(22)27;1-3-25-27(24,26-4-2)14-15-9-10-18-19(11-15)21(13-23)17-8-6-5-7-16(17)20(18)12-22/h2-28H;1-19H;5-11H,3-4,14H2,1-2H3. The Morgan fingerprint density at radius 1 is 0.369 bits per heavy atom. The predicted molar refractivity (Wildman–Crippen MR) is 424 cm³/mol. The minimum atomic E-state index is -3.26. The quantitative estimate of drug-likeness (QED) is 0.0323. The van der Waals surface area contributed by atoms with Crippen molar-refractivity contribution >= 4 is 152 Å². The first-order valence-corrected chi connectivity index (χ1v) is 35.6. The van der Waals surface area contributed by atoms with Crippen LogP contribution in [-0.2, 0) is 19.8 Å². The second-order valence-electron chi connectivity index (χ2n) is 24.6. The molecule has 16 aromatic rings. The number of rotatable bonds is 15. The molecule has 0 spiro atoms. The van der Waals surface area contributed by atoms with Crippen LogP contribution in [0.4, 0.5) is 39.8 Å². The summed E-state index contributed by atoms with van der Waals surface area (Å²) in [5, 5.41) is 45.0. The first-order valence-electron chi connectivity index (χ1n) is 33.9. The lowest BCUT2D eigenvalue weighted by Gasteiger charge is -2.28. The second-order valence-corrected chi connectivity index (χ2v) is 26.7. The molecule has 0 atom stereocenters. The first kappa shape index (κ1) is 66.9. The van der Waals surface area contributed by atoms with Gasteiger partial charge in [0, 0.05) is 60.0 Å². The van der Waals surface area contributed by atoms with Crippen LogP contribution in [0.5, 0.6) is 0 Å². The van der Waals surface area contributed by atoms with Crippen molar-refractivity contribution in [3.05, 3.63) is 354 Å². The topological polar surface area (TPSA) is 135 Å². The van der Waals surface area contributed by atoms with Gasteiger partial charge in [0.05, 0.1) is 65.4 Å². The predicted octanol–water partition coefficient (Wildman–Crippen LogP) is 25.1. The van der Waals surface area contributed by atoms with Crippen molar-refractivity contribution in [2.75, 3.05) is 23.0 Å². The molecule has 0 aliphatic carbocycles. The van der Waals surface area contributed by atoms with E-state index in [1.54, 1.807) is 19.9 Å². The molecule has 492 valence electrons. The van der Waals surface area contributed by atoms with E-state index in [2.05, 4.69) is 239 Å². The van der Waals surface area contributed by atoms with Crippen LogP contribution >= 0.6 is 7.60 Å². The molecule has 0 aliphatic rings. The molecule has 0 amide bonds. The highest BCUT2D eigenvalue weighted by Crippen LogP contribution is 2.52. The van der Waals surface area contributed by atoms with E-state index >= 15 is 0 Å². The molecule has 0 aliphatic heterocycles. The van der Waals surface area contributed by atoms with Crippen molar-refractivity contribution in [1.82, 2.24) is 0 Å². The molecule has 0 bridgehead atoms. The molecule has 0 unspecified atom stereocenters. The summed E-state index contributed by atoms with van der Waals surface area (Å²) in [5.74, 6) is 0. The Bertz CT molecular complexity index is 6030. The molecule has 10 nitrogen and oxygen atoms in total. The zero-order chi connectivity index (χ0) is 70.8. The average molecular weight is 1350 g/mol. The summed E-state index contributed by atoms with van der Waals surface area (Å²) in [7, 11) is -3.26. The van der Waals surface area contributed by atoms with E-state index in [4.69, 9.17) is 15.6 Å². The van der Waals surface area contributed by atoms with Gasteiger partial charge in [0.2, 0.25) is 5.69 Å². The number of nitrogens with zero attached hydrogens (tertiary/aromatic N) is 6. The van der Waals surface area contributed by atoms with Gasteiger partial charge in [-0.15, -0.1) is 0 Å². The van der Waals surface area contributed by atoms with Gasteiger partial charge < -0.3 is 18.8 Å². The van der Waals surface area contributed by atoms with Crippen molar-refractivity contribution in [2.24, 2.45) is 0 Å². The summed E-state index contributed by atoms with van der Waals surface area (Å²) < 4.78 is 23.6. The van der Waals surface area contributed by atoms with E-state index in [-0.39, 0.29) is 19.4 Å². The molecular formula is C92H65N6O4P. The van der Waals surface area contributed by atoms with Gasteiger partial charge in [0.25, 0.3) is 0 Å². The fourth-order valence-electron chi connectivity index (χ4n) is 13.9. The Morgan fingerprint density at radius 3 is 1.11 bits per heavy atom. The lowest BCUT2D eigenvalue weighted by atomic mass is 9.92. The maximum absolute atomic E-state index is 12.8. The number of carbonyl (C=O) groups excluding carboxylic acids is 1. The van der Waals surface area contributed by atoms with Gasteiger partial charge in [-0.25, -0.2) is 4.85 Å². The smallest absolute Gasteiger partial charge is 0.309 e. The fourth-order valence-corrected chi connectivity index (χ4v) is 15.6.